The molecule has 1 rings (SSSR count). The number of alkyl halides is 1. The highest BCUT2D eigenvalue weighted by Crippen LogP contribution is 2.31. The highest BCUT2D eigenvalue weighted by molar-refractivity contribution is 7.20. The van der Waals surface area contributed by atoms with E-state index in [4.69, 9.17) is 34.8 Å². The van der Waals surface area contributed by atoms with Crippen LogP contribution in [0.4, 0.5) is 0 Å². The van der Waals surface area contributed by atoms with Gasteiger partial charge in [-0.25, -0.2) is 0 Å². The molecule has 0 aliphatic heterocycles. The van der Waals surface area contributed by atoms with Gasteiger partial charge in [0.25, 0.3) is 5.91 Å². The van der Waals surface area contributed by atoms with Gasteiger partial charge in [0.2, 0.25) is 0 Å². The van der Waals surface area contributed by atoms with E-state index in [1.807, 2.05) is 6.92 Å². The summed E-state index contributed by atoms with van der Waals surface area (Å²) in [5, 5.41) is 2.79. The van der Waals surface area contributed by atoms with Crippen LogP contribution in [0.25, 0.3) is 0 Å². The molecule has 1 amide bonds. The van der Waals surface area contributed by atoms with Crippen LogP contribution in [-0.4, -0.2) is 17.8 Å². The summed E-state index contributed by atoms with van der Waals surface area (Å²) in [7, 11) is 0. The normalized spacial score (nSPS) is 12.5. The number of carbonyl (C=O) groups excluding carboxylic acids is 1. The second-order valence-electron chi connectivity index (χ2n) is 3.09. The fraction of sp³-hybridized carbons (Fsp3) is 0.444. The predicted octanol–water partition coefficient (Wildman–Crippen LogP) is 3.80. The molecule has 6 heteroatoms. The molecule has 1 atom stereocenters. The fourth-order valence-electron chi connectivity index (χ4n) is 1.03. The van der Waals surface area contributed by atoms with E-state index < -0.39 is 0 Å². The van der Waals surface area contributed by atoms with Crippen LogP contribution in [-0.2, 0) is 0 Å². The minimum Gasteiger partial charge on any atom is -0.349 e. The molecule has 1 N–H and O–H groups in total. The molecular formula is C9H10Cl3NOS. The first kappa shape index (κ1) is 13.1. The third kappa shape index (κ3) is 3.83. The number of hydrogen-bond acceptors (Lipinski definition) is 2. The van der Waals surface area contributed by atoms with Crippen LogP contribution in [0, 0.1) is 0 Å². The molecule has 0 fully saturated rings. The highest BCUT2D eigenvalue weighted by Gasteiger charge is 2.15. The van der Waals surface area contributed by atoms with Crippen molar-refractivity contribution in [3.05, 3.63) is 20.3 Å². The van der Waals surface area contributed by atoms with Crippen LogP contribution in [0.2, 0.25) is 8.67 Å². The van der Waals surface area contributed by atoms with Gasteiger partial charge in [-0.3, -0.25) is 4.79 Å². The second-order valence-corrected chi connectivity index (χ2v) is 5.75. The smallest absolute Gasteiger partial charge is 0.253 e. The summed E-state index contributed by atoms with van der Waals surface area (Å²) >= 11 is 18.3. The fourth-order valence-corrected chi connectivity index (χ4v) is 2.82. The van der Waals surface area contributed by atoms with Crippen LogP contribution < -0.4 is 5.32 Å². The Morgan fingerprint density at radius 1 is 1.60 bits per heavy atom. The van der Waals surface area contributed by atoms with Crippen molar-refractivity contribution in [2.24, 2.45) is 0 Å². The molecule has 0 bridgehead atoms. The van der Waals surface area contributed by atoms with E-state index in [2.05, 4.69) is 5.32 Å². The Labute approximate surface area is 108 Å². The van der Waals surface area contributed by atoms with Gasteiger partial charge in [0.1, 0.15) is 4.34 Å². The van der Waals surface area contributed by atoms with Crippen LogP contribution >= 0.6 is 46.1 Å². The number of rotatable bonds is 4. The molecule has 1 unspecified atom stereocenters. The average Bonchev–Trinajstić information content (AvgIpc) is 2.45. The first-order chi connectivity index (χ1) is 7.04. The Hall–Kier alpha value is 0.0400. The molecule has 0 radical (unpaired) electrons. The van der Waals surface area contributed by atoms with Gasteiger partial charge in [-0.1, -0.05) is 23.2 Å². The standard InChI is InChI=1S/C9H10Cl3NOS/c1-5(2-3-10)13-9(14)6-4-7(11)15-8(6)12/h4-5H,2-3H2,1H3,(H,13,14). The van der Waals surface area contributed by atoms with Gasteiger partial charge in [-0.2, -0.15) is 0 Å². The van der Waals surface area contributed by atoms with Crippen molar-refractivity contribution < 1.29 is 4.79 Å². The zero-order chi connectivity index (χ0) is 11.4. The molecule has 0 saturated carbocycles. The minimum absolute atomic E-state index is 0.0322. The van der Waals surface area contributed by atoms with E-state index in [0.717, 1.165) is 6.42 Å². The number of amides is 1. The lowest BCUT2D eigenvalue weighted by Gasteiger charge is -2.11. The van der Waals surface area contributed by atoms with Gasteiger partial charge in [0.05, 0.1) is 9.90 Å². The molecule has 0 aliphatic carbocycles. The molecular weight excluding hydrogens is 277 g/mol. The average molecular weight is 287 g/mol. The van der Waals surface area contributed by atoms with E-state index in [1.165, 1.54) is 11.3 Å². The highest BCUT2D eigenvalue weighted by atomic mass is 35.5. The molecule has 1 heterocycles. The van der Waals surface area contributed by atoms with Crippen molar-refractivity contribution in [2.75, 3.05) is 5.88 Å². The molecule has 2 nitrogen and oxygen atoms in total. The van der Waals surface area contributed by atoms with Crippen molar-refractivity contribution in [1.29, 1.82) is 0 Å². The maximum atomic E-state index is 11.7. The SMILES string of the molecule is CC(CCCl)NC(=O)c1cc(Cl)sc1Cl. The van der Waals surface area contributed by atoms with Crippen molar-refractivity contribution in [3.63, 3.8) is 0 Å². The van der Waals surface area contributed by atoms with E-state index >= 15 is 0 Å². The summed E-state index contributed by atoms with van der Waals surface area (Å²) < 4.78 is 0.922. The third-order valence-corrected chi connectivity index (χ3v) is 3.53. The maximum absolute atomic E-state index is 11.7. The Morgan fingerprint density at radius 2 is 2.27 bits per heavy atom. The van der Waals surface area contributed by atoms with Crippen LogP contribution in [0.15, 0.2) is 6.07 Å². The molecule has 0 aliphatic rings. The second kappa shape index (κ2) is 5.94. The third-order valence-electron chi connectivity index (χ3n) is 1.82. The topological polar surface area (TPSA) is 29.1 Å². The molecule has 1 aromatic heterocycles. The van der Waals surface area contributed by atoms with Gasteiger partial charge < -0.3 is 5.32 Å². The number of thiophene rings is 1. The first-order valence-corrected chi connectivity index (χ1v) is 6.47. The quantitative estimate of drug-likeness (QED) is 0.838. The van der Waals surface area contributed by atoms with Crippen molar-refractivity contribution in [2.45, 2.75) is 19.4 Å². The van der Waals surface area contributed by atoms with Crippen LogP contribution in [0.1, 0.15) is 23.7 Å². The van der Waals surface area contributed by atoms with Gasteiger partial charge >= 0.3 is 0 Å². The number of halogens is 3. The Morgan fingerprint density at radius 3 is 2.73 bits per heavy atom. The van der Waals surface area contributed by atoms with E-state index in [-0.39, 0.29) is 11.9 Å². The van der Waals surface area contributed by atoms with Crippen molar-refractivity contribution >= 4 is 52.0 Å². The van der Waals surface area contributed by atoms with Crippen LogP contribution in [0.3, 0.4) is 0 Å². The number of nitrogens with one attached hydrogen (secondary N) is 1. The first-order valence-electron chi connectivity index (χ1n) is 4.36. The molecule has 0 spiro atoms. The summed E-state index contributed by atoms with van der Waals surface area (Å²) in [5.74, 6) is 0.306. The Bertz CT molecular complexity index is 353. The molecule has 0 aromatic carbocycles. The zero-order valence-corrected chi connectivity index (χ0v) is 11.1. The lowest BCUT2D eigenvalue weighted by Crippen LogP contribution is -2.32. The lowest BCUT2D eigenvalue weighted by atomic mass is 10.2. The van der Waals surface area contributed by atoms with Crippen molar-refractivity contribution in [3.8, 4) is 0 Å². The van der Waals surface area contributed by atoms with Crippen LogP contribution in [0.5, 0.6) is 0 Å². The number of carbonyl (C=O) groups is 1. The number of hydrogen-bond donors (Lipinski definition) is 1. The summed E-state index contributed by atoms with van der Waals surface area (Å²) in [5.41, 5.74) is 0.424. The van der Waals surface area contributed by atoms with Gasteiger partial charge in [0, 0.05) is 11.9 Å². The predicted molar refractivity (Wildman–Crippen MR) is 66.6 cm³/mol. The maximum Gasteiger partial charge on any atom is 0.253 e. The largest absolute Gasteiger partial charge is 0.349 e. The summed E-state index contributed by atoms with van der Waals surface area (Å²) in [4.78, 5) is 11.7. The minimum atomic E-state index is -0.208. The van der Waals surface area contributed by atoms with E-state index in [9.17, 15) is 4.79 Å². The van der Waals surface area contributed by atoms with Gasteiger partial charge in [-0.05, 0) is 19.4 Å². The molecule has 1 aromatic rings. The molecule has 0 saturated heterocycles. The zero-order valence-electron chi connectivity index (χ0n) is 8.02. The molecule has 15 heavy (non-hydrogen) atoms. The monoisotopic (exact) mass is 285 g/mol. The van der Waals surface area contributed by atoms with Crippen molar-refractivity contribution in [1.82, 2.24) is 5.32 Å². The summed E-state index contributed by atoms with van der Waals surface area (Å²) in [6, 6.07) is 1.60. The lowest BCUT2D eigenvalue weighted by molar-refractivity contribution is 0.0940. The Kier molecular flexibility index (Phi) is 5.19. The summed E-state index contributed by atoms with van der Waals surface area (Å²) in [6.45, 7) is 1.89. The molecule has 84 valence electrons. The van der Waals surface area contributed by atoms with E-state index in [0.29, 0.717) is 20.1 Å². The van der Waals surface area contributed by atoms with Gasteiger partial charge in [0.15, 0.2) is 0 Å². The Balaban J connectivity index is 2.65. The van der Waals surface area contributed by atoms with Gasteiger partial charge in [-0.15, -0.1) is 22.9 Å². The van der Waals surface area contributed by atoms with E-state index in [1.54, 1.807) is 6.07 Å². The summed E-state index contributed by atoms with van der Waals surface area (Å²) in [6.07, 6.45) is 0.725.